The lowest BCUT2D eigenvalue weighted by atomic mass is 10.2. The first-order chi connectivity index (χ1) is 6.61. The van der Waals surface area contributed by atoms with Gasteiger partial charge in [-0.25, -0.2) is 18.2 Å². The van der Waals surface area contributed by atoms with E-state index in [1.807, 2.05) is 22.6 Å². The summed E-state index contributed by atoms with van der Waals surface area (Å²) in [5.74, 6) is -0.953. The Morgan fingerprint density at radius 2 is 2.14 bits per heavy atom. The van der Waals surface area contributed by atoms with Gasteiger partial charge in [0.15, 0.2) is 11.5 Å². The average molecular weight is 312 g/mol. The van der Waals surface area contributed by atoms with Crippen LogP contribution in [-0.4, -0.2) is 9.38 Å². The summed E-state index contributed by atoms with van der Waals surface area (Å²) >= 11 is 1.95. The second-order valence-corrected chi connectivity index (χ2v) is 3.77. The number of rotatable bonds is 1. The Hall–Kier alpha value is -0.790. The first-order valence-electron chi connectivity index (χ1n) is 3.70. The van der Waals surface area contributed by atoms with Gasteiger partial charge in [0.1, 0.15) is 3.70 Å². The van der Waals surface area contributed by atoms with Gasteiger partial charge in [0.05, 0.1) is 11.8 Å². The molecule has 0 atom stereocenters. The van der Waals surface area contributed by atoms with E-state index in [9.17, 15) is 13.2 Å². The van der Waals surface area contributed by atoms with Crippen LogP contribution < -0.4 is 0 Å². The summed E-state index contributed by atoms with van der Waals surface area (Å²) in [5.41, 5.74) is -0.674. The molecule has 0 fully saturated rings. The van der Waals surface area contributed by atoms with Gasteiger partial charge in [-0.15, -0.1) is 0 Å². The highest BCUT2D eigenvalue weighted by atomic mass is 127. The summed E-state index contributed by atoms with van der Waals surface area (Å²) in [6.07, 6.45) is -0.00234. The molecule has 6 heteroatoms. The summed E-state index contributed by atoms with van der Waals surface area (Å²) in [5, 5.41) is 0. The van der Waals surface area contributed by atoms with Crippen LogP contribution >= 0.6 is 22.6 Å². The van der Waals surface area contributed by atoms with Crippen molar-refractivity contribution in [2.45, 2.75) is 6.43 Å². The van der Waals surface area contributed by atoms with Crippen LogP contribution in [0, 0.1) is 9.52 Å². The molecule has 0 bridgehead atoms. The van der Waals surface area contributed by atoms with Gasteiger partial charge in [0, 0.05) is 6.20 Å². The van der Waals surface area contributed by atoms with Crippen molar-refractivity contribution in [1.82, 2.24) is 9.38 Å². The Kier molecular flexibility index (Phi) is 2.38. The van der Waals surface area contributed by atoms with E-state index in [0.717, 1.165) is 6.07 Å². The number of hydrogen-bond donors (Lipinski definition) is 0. The lowest BCUT2D eigenvalue weighted by Crippen LogP contribution is -1.97. The van der Waals surface area contributed by atoms with Gasteiger partial charge in [-0.3, -0.25) is 4.40 Å². The van der Waals surface area contributed by atoms with E-state index in [-0.39, 0.29) is 5.65 Å². The SMILES string of the molecule is Fc1c(C(F)F)ccn2c(I)cnc12. The van der Waals surface area contributed by atoms with Crippen LogP contribution in [0.5, 0.6) is 0 Å². The Balaban J connectivity index is 2.76. The first kappa shape index (κ1) is 9.75. The van der Waals surface area contributed by atoms with Crippen LogP contribution in [-0.2, 0) is 0 Å². The maximum atomic E-state index is 13.4. The molecule has 0 amide bonds. The number of nitrogens with zero attached hydrogens (tertiary/aromatic N) is 2. The van der Waals surface area contributed by atoms with Crippen LogP contribution in [0.2, 0.25) is 0 Å². The average Bonchev–Trinajstić information content (AvgIpc) is 2.49. The minimum Gasteiger partial charge on any atom is -0.292 e. The lowest BCUT2D eigenvalue weighted by molar-refractivity contribution is 0.146. The molecule has 74 valence electrons. The predicted octanol–water partition coefficient (Wildman–Crippen LogP) is 3.02. The second kappa shape index (κ2) is 3.41. The van der Waals surface area contributed by atoms with Crippen molar-refractivity contribution in [3.63, 3.8) is 0 Å². The van der Waals surface area contributed by atoms with E-state index < -0.39 is 17.8 Å². The topological polar surface area (TPSA) is 17.3 Å². The van der Waals surface area contributed by atoms with Crippen LogP contribution in [0.4, 0.5) is 13.2 Å². The molecule has 2 nitrogen and oxygen atoms in total. The summed E-state index contributed by atoms with van der Waals surface area (Å²) in [6.45, 7) is 0. The second-order valence-electron chi connectivity index (χ2n) is 2.66. The summed E-state index contributed by atoms with van der Waals surface area (Å²) in [6, 6.07) is 1.07. The number of alkyl halides is 2. The van der Waals surface area contributed by atoms with Crippen molar-refractivity contribution in [3.8, 4) is 0 Å². The van der Waals surface area contributed by atoms with Crippen LogP contribution in [0.1, 0.15) is 12.0 Å². The molecule has 0 N–H and O–H groups in total. The highest BCUT2D eigenvalue weighted by molar-refractivity contribution is 14.1. The minimum absolute atomic E-state index is 0.0628. The fourth-order valence-corrected chi connectivity index (χ4v) is 1.70. The van der Waals surface area contributed by atoms with E-state index in [1.165, 1.54) is 16.8 Å². The van der Waals surface area contributed by atoms with E-state index in [4.69, 9.17) is 0 Å². The maximum absolute atomic E-state index is 13.4. The van der Waals surface area contributed by atoms with Crippen molar-refractivity contribution >= 4 is 28.2 Å². The van der Waals surface area contributed by atoms with Gasteiger partial charge in [0.25, 0.3) is 6.43 Å². The predicted molar refractivity (Wildman–Crippen MR) is 52.8 cm³/mol. The molecule has 0 saturated heterocycles. The van der Waals surface area contributed by atoms with Crippen molar-refractivity contribution < 1.29 is 13.2 Å². The fourth-order valence-electron chi connectivity index (χ4n) is 1.17. The third-order valence-corrected chi connectivity index (χ3v) is 2.64. The van der Waals surface area contributed by atoms with E-state index in [2.05, 4.69) is 4.98 Å². The van der Waals surface area contributed by atoms with Crippen LogP contribution in [0.25, 0.3) is 5.65 Å². The highest BCUT2D eigenvalue weighted by Crippen LogP contribution is 2.24. The fraction of sp³-hybridized carbons (Fsp3) is 0.125. The van der Waals surface area contributed by atoms with E-state index in [0.29, 0.717) is 3.70 Å². The van der Waals surface area contributed by atoms with Gasteiger partial charge in [0.2, 0.25) is 0 Å². The molecule has 0 spiro atoms. The van der Waals surface area contributed by atoms with Gasteiger partial charge in [-0.1, -0.05) is 0 Å². The van der Waals surface area contributed by atoms with Crippen LogP contribution in [0.3, 0.4) is 0 Å². The van der Waals surface area contributed by atoms with Crippen molar-refractivity contribution in [2.24, 2.45) is 0 Å². The molecule has 0 aliphatic carbocycles. The molecule has 2 rings (SSSR count). The molecule has 0 aromatic carbocycles. The number of pyridine rings is 1. The van der Waals surface area contributed by atoms with Gasteiger partial charge in [-0.2, -0.15) is 0 Å². The summed E-state index contributed by atoms with van der Waals surface area (Å²) in [4.78, 5) is 3.71. The maximum Gasteiger partial charge on any atom is 0.266 e. The zero-order valence-electron chi connectivity index (χ0n) is 6.72. The standard InChI is InChI=1S/C8H4F3IN2/c9-6-4(7(10)11)1-2-14-5(12)3-13-8(6)14/h1-3,7H. The summed E-state index contributed by atoms with van der Waals surface area (Å²) < 4.78 is 40.0. The molecule has 2 aromatic heterocycles. The molecule has 0 saturated carbocycles. The Morgan fingerprint density at radius 3 is 2.79 bits per heavy atom. The zero-order valence-corrected chi connectivity index (χ0v) is 8.87. The van der Waals surface area contributed by atoms with Crippen molar-refractivity contribution in [3.05, 3.63) is 33.5 Å². The highest BCUT2D eigenvalue weighted by Gasteiger charge is 2.17. The molecule has 14 heavy (non-hydrogen) atoms. The lowest BCUT2D eigenvalue weighted by Gasteiger charge is -2.03. The monoisotopic (exact) mass is 312 g/mol. The smallest absolute Gasteiger partial charge is 0.266 e. The van der Waals surface area contributed by atoms with Gasteiger partial charge >= 0.3 is 0 Å². The molecule has 2 aromatic rings. The summed E-state index contributed by atoms with van der Waals surface area (Å²) in [7, 11) is 0. The molecular weight excluding hydrogens is 308 g/mol. The Labute approximate surface area is 90.9 Å². The zero-order chi connectivity index (χ0) is 10.3. The number of fused-ring (bicyclic) bond motifs is 1. The minimum atomic E-state index is -2.81. The van der Waals surface area contributed by atoms with Crippen molar-refractivity contribution in [2.75, 3.05) is 0 Å². The Bertz CT molecular complexity index is 481. The quantitative estimate of drug-likeness (QED) is 0.740. The van der Waals surface area contributed by atoms with Crippen molar-refractivity contribution in [1.29, 1.82) is 0 Å². The molecule has 0 aliphatic rings. The number of hydrogen-bond acceptors (Lipinski definition) is 1. The Morgan fingerprint density at radius 1 is 1.43 bits per heavy atom. The number of halogens is 4. The third-order valence-electron chi connectivity index (χ3n) is 1.84. The normalized spacial score (nSPS) is 11.5. The number of imidazole rings is 1. The van der Waals surface area contributed by atoms with Gasteiger partial charge < -0.3 is 0 Å². The molecular formula is C8H4F3IN2. The number of aromatic nitrogens is 2. The van der Waals surface area contributed by atoms with E-state index >= 15 is 0 Å². The largest absolute Gasteiger partial charge is 0.292 e. The third kappa shape index (κ3) is 1.37. The molecule has 0 radical (unpaired) electrons. The molecule has 2 heterocycles. The van der Waals surface area contributed by atoms with E-state index in [1.54, 1.807) is 0 Å². The molecule has 0 unspecified atom stereocenters. The van der Waals surface area contributed by atoms with Crippen LogP contribution in [0.15, 0.2) is 18.5 Å². The van der Waals surface area contributed by atoms with Gasteiger partial charge in [-0.05, 0) is 28.7 Å². The molecule has 0 aliphatic heterocycles. The first-order valence-corrected chi connectivity index (χ1v) is 4.78.